The molecule has 3 heteroatoms. The molecular formula is C17H18O3. The van der Waals surface area contributed by atoms with E-state index in [1.54, 1.807) is 6.92 Å². The predicted molar refractivity (Wildman–Crippen MR) is 78.6 cm³/mol. The van der Waals surface area contributed by atoms with Gasteiger partial charge in [-0.15, -0.1) is 0 Å². The Hall–Kier alpha value is -2.29. The Balaban J connectivity index is 2.15. The summed E-state index contributed by atoms with van der Waals surface area (Å²) in [4.78, 5) is 11.4. The number of carbonyl (C=O) groups excluding carboxylic acids is 1. The van der Waals surface area contributed by atoms with Gasteiger partial charge in [-0.1, -0.05) is 48.5 Å². The Morgan fingerprint density at radius 2 is 1.70 bits per heavy atom. The van der Waals surface area contributed by atoms with Crippen molar-refractivity contribution < 1.29 is 14.3 Å². The molecule has 0 radical (unpaired) electrons. The summed E-state index contributed by atoms with van der Waals surface area (Å²) in [5.74, 6) is 0.223. The van der Waals surface area contributed by atoms with Gasteiger partial charge in [0.25, 0.3) is 0 Å². The van der Waals surface area contributed by atoms with Crippen molar-refractivity contribution in [2.24, 2.45) is 5.92 Å². The maximum absolute atomic E-state index is 11.4. The summed E-state index contributed by atoms with van der Waals surface area (Å²) >= 11 is 0. The molecule has 3 nitrogen and oxygen atoms in total. The number of carbonyl (C=O) groups is 1. The molecule has 0 aliphatic carbocycles. The lowest BCUT2D eigenvalue weighted by atomic mass is 10.0. The fourth-order valence-electron chi connectivity index (χ4n) is 1.93. The smallest absolute Gasteiger partial charge is 0.311 e. The van der Waals surface area contributed by atoms with Crippen molar-refractivity contribution >= 4 is 5.97 Å². The predicted octanol–water partition coefficient (Wildman–Crippen LogP) is 3.54. The third kappa shape index (κ3) is 3.38. The number of hydrogen-bond acceptors (Lipinski definition) is 3. The number of para-hydroxylation sites is 1. The highest BCUT2D eigenvalue weighted by Gasteiger charge is 2.15. The molecule has 0 aliphatic heterocycles. The van der Waals surface area contributed by atoms with Crippen molar-refractivity contribution in [1.82, 2.24) is 0 Å². The minimum Gasteiger partial charge on any atom is -0.492 e. The van der Waals surface area contributed by atoms with E-state index in [4.69, 9.17) is 9.47 Å². The van der Waals surface area contributed by atoms with Gasteiger partial charge in [-0.25, -0.2) is 0 Å². The molecule has 0 aromatic heterocycles. The van der Waals surface area contributed by atoms with Crippen LogP contribution in [0.25, 0.3) is 11.1 Å². The lowest BCUT2D eigenvalue weighted by Gasteiger charge is -2.14. The average molecular weight is 270 g/mol. The molecule has 1 atom stereocenters. The van der Waals surface area contributed by atoms with Crippen LogP contribution in [0.4, 0.5) is 0 Å². The molecule has 0 saturated heterocycles. The first-order valence-electron chi connectivity index (χ1n) is 6.57. The molecule has 0 amide bonds. The van der Waals surface area contributed by atoms with Gasteiger partial charge in [0.15, 0.2) is 0 Å². The van der Waals surface area contributed by atoms with Crippen molar-refractivity contribution in [3.05, 3.63) is 54.6 Å². The van der Waals surface area contributed by atoms with E-state index < -0.39 is 0 Å². The number of rotatable bonds is 5. The molecular weight excluding hydrogens is 252 g/mol. The van der Waals surface area contributed by atoms with Crippen molar-refractivity contribution in [1.29, 1.82) is 0 Å². The first kappa shape index (κ1) is 14.1. The van der Waals surface area contributed by atoms with E-state index in [-0.39, 0.29) is 11.9 Å². The van der Waals surface area contributed by atoms with E-state index in [0.717, 1.165) is 16.9 Å². The zero-order chi connectivity index (χ0) is 14.4. The molecule has 0 N–H and O–H groups in total. The molecule has 104 valence electrons. The number of methoxy groups -OCH3 is 1. The SMILES string of the molecule is COC(=O)C(C)COc1ccccc1-c1ccccc1. The fraction of sp³-hybridized carbons (Fsp3) is 0.235. The Kier molecular flexibility index (Phi) is 4.77. The molecule has 0 aliphatic rings. The first-order valence-corrected chi connectivity index (χ1v) is 6.57. The molecule has 0 heterocycles. The van der Waals surface area contributed by atoms with Crippen molar-refractivity contribution in [3.63, 3.8) is 0 Å². The topological polar surface area (TPSA) is 35.5 Å². The van der Waals surface area contributed by atoms with Crippen LogP contribution in [0.2, 0.25) is 0 Å². The van der Waals surface area contributed by atoms with Gasteiger partial charge in [0, 0.05) is 5.56 Å². The van der Waals surface area contributed by atoms with Gasteiger partial charge < -0.3 is 9.47 Å². The van der Waals surface area contributed by atoms with E-state index in [2.05, 4.69) is 0 Å². The minimum absolute atomic E-state index is 0.262. The Morgan fingerprint density at radius 1 is 1.05 bits per heavy atom. The zero-order valence-electron chi connectivity index (χ0n) is 11.7. The van der Waals surface area contributed by atoms with E-state index in [9.17, 15) is 4.79 Å². The van der Waals surface area contributed by atoms with Gasteiger partial charge in [0.2, 0.25) is 0 Å². The summed E-state index contributed by atoms with van der Waals surface area (Å²) < 4.78 is 10.5. The van der Waals surface area contributed by atoms with E-state index >= 15 is 0 Å². The highest BCUT2D eigenvalue weighted by atomic mass is 16.5. The first-order chi connectivity index (χ1) is 9.72. The average Bonchev–Trinajstić information content (AvgIpc) is 2.53. The number of ether oxygens (including phenoxy) is 2. The van der Waals surface area contributed by atoms with Gasteiger partial charge in [0.05, 0.1) is 13.0 Å². The monoisotopic (exact) mass is 270 g/mol. The Morgan fingerprint density at radius 3 is 2.40 bits per heavy atom. The largest absolute Gasteiger partial charge is 0.492 e. The highest BCUT2D eigenvalue weighted by Crippen LogP contribution is 2.29. The van der Waals surface area contributed by atoms with Crippen LogP contribution in [0.5, 0.6) is 5.75 Å². The third-order valence-electron chi connectivity index (χ3n) is 3.06. The van der Waals surface area contributed by atoms with Crippen LogP contribution in [0, 0.1) is 5.92 Å². The van der Waals surface area contributed by atoms with Gasteiger partial charge in [-0.05, 0) is 18.6 Å². The van der Waals surface area contributed by atoms with Gasteiger partial charge >= 0.3 is 5.97 Å². The maximum atomic E-state index is 11.4. The molecule has 2 rings (SSSR count). The quantitative estimate of drug-likeness (QED) is 0.779. The normalized spacial score (nSPS) is 11.7. The van der Waals surface area contributed by atoms with E-state index in [1.165, 1.54) is 7.11 Å². The van der Waals surface area contributed by atoms with Gasteiger partial charge in [-0.3, -0.25) is 4.79 Å². The lowest BCUT2D eigenvalue weighted by molar-refractivity contribution is -0.145. The standard InChI is InChI=1S/C17H18O3/c1-13(17(18)19-2)12-20-16-11-7-6-10-15(16)14-8-4-3-5-9-14/h3-11,13H,12H2,1-2H3. The number of benzene rings is 2. The zero-order valence-corrected chi connectivity index (χ0v) is 11.7. The minimum atomic E-state index is -0.288. The lowest BCUT2D eigenvalue weighted by Crippen LogP contribution is -2.20. The number of esters is 1. The van der Waals surface area contributed by atoms with Gasteiger partial charge in [0.1, 0.15) is 12.4 Å². The molecule has 20 heavy (non-hydrogen) atoms. The second-order valence-corrected chi connectivity index (χ2v) is 4.60. The maximum Gasteiger partial charge on any atom is 0.311 e. The molecule has 2 aromatic carbocycles. The second-order valence-electron chi connectivity index (χ2n) is 4.60. The van der Waals surface area contributed by atoms with Crippen LogP contribution in [-0.4, -0.2) is 19.7 Å². The number of hydrogen-bond donors (Lipinski definition) is 0. The molecule has 2 aromatic rings. The van der Waals surface area contributed by atoms with Crippen LogP contribution in [0.3, 0.4) is 0 Å². The van der Waals surface area contributed by atoms with Crippen molar-refractivity contribution in [2.75, 3.05) is 13.7 Å². The summed E-state index contributed by atoms with van der Waals surface area (Å²) in [5.41, 5.74) is 2.11. The van der Waals surface area contributed by atoms with Crippen LogP contribution in [0.1, 0.15) is 6.92 Å². The fourth-order valence-corrected chi connectivity index (χ4v) is 1.93. The second kappa shape index (κ2) is 6.75. The summed E-state index contributed by atoms with van der Waals surface area (Å²) in [6.45, 7) is 2.09. The summed E-state index contributed by atoms with van der Waals surface area (Å²) in [5, 5.41) is 0. The van der Waals surface area contributed by atoms with E-state index in [1.807, 2.05) is 54.6 Å². The Bertz CT molecular complexity index is 563. The van der Waals surface area contributed by atoms with Crippen LogP contribution in [-0.2, 0) is 9.53 Å². The summed E-state index contributed by atoms with van der Waals surface area (Å²) in [6, 6.07) is 17.8. The molecule has 1 unspecified atom stereocenters. The van der Waals surface area contributed by atoms with Crippen molar-refractivity contribution in [3.8, 4) is 16.9 Å². The molecule has 0 fully saturated rings. The van der Waals surface area contributed by atoms with E-state index in [0.29, 0.717) is 6.61 Å². The van der Waals surface area contributed by atoms with Crippen LogP contribution in [0.15, 0.2) is 54.6 Å². The molecule has 0 spiro atoms. The Labute approximate surface area is 119 Å². The third-order valence-corrected chi connectivity index (χ3v) is 3.06. The van der Waals surface area contributed by atoms with Crippen LogP contribution < -0.4 is 4.74 Å². The highest BCUT2D eigenvalue weighted by molar-refractivity contribution is 5.72. The van der Waals surface area contributed by atoms with Gasteiger partial charge in [-0.2, -0.15) is 0 Å². The molecule has 0 bridgehead atoms. The van der Waals surface area contributed by atoms with Crippen molar-refractivity contribution in [2.45, 2.75) is 6.92 Å². The summed E-state index contributed by atoms with van der Waals surface area (Å²) in [6.07, 6.45) is 0. The molecule has 0 saturated carbocycles. The summed E-state index contributed by atoms with van der Waals surface area (Å²) in [7, 11) is 1.39. The van der Waals surface area contributed by atoms with Crippen LogP contribution >= 0.6 is 0 Å².